The van der Waals surface area contributed by atoms with Gasteiger partial charge in [-0.3, -0.25) is 4.79 Å². The molecule has 1 amide bonds. The quantitative estimate of drug-likeness (QED) is 0.733. The summed E-state index contributed by atoms with van der Waals surface area (Å²) in [5.41, 5.74) is 0. The minimum Gasteiger partial charge on any atom is -0.360 e. The van der Waals surface area contributed by atoms with E-state index >= 15 is 0 Å². The van der Waals surface area contributed by atoms with Crippen molar-refractivity contribution in [2.45, 2.75) is 38.6 Å². The summed E-state index contributed by atoms with van der Waals surface area (Å²) in [6, 6.07) is 0.608. The summed E-state index contributed by atoms with van der Waals surface area (Å²) in [6.45, 7) is 4.97. The van der Waals surface area contributed by atoms with Crippen LogP contribution in [-0.2, 0) is 4.79 Å². The Kier molecular flexibility index (Phi) is 3.65. The van der Waals surface area contributed by atoms with Gasteiger partial charge >= 0.3 is 0 Å². The largest absolute Gasteiger partial charge is 0.360 e. The standard InChI is InChI=1S/C14H23N3OS/c1-10(18)16-4-6-17(7-5-16)14(19)15-13-9-11-2-3-12(13)8-11/h11-13H,2-9H2,1H3,(H,15,19)/t11-,12+,13+/m1/s1. The lowest BCUT2D eigenvalue weighted by Crippen LogP contribution is -2.54. The van der Waals surface area contributed by atoms with Crippen LogP contribution in [-0.4, -0.2) is 53.0 Å². The topological polar surface area (TPSA) is 35.6 Å². The number of thiocarbonyl (C=S) groups is 1. The van der Waals surface area contributed by atoms with Crippen molar-refractivity contribution in [3.05, 3.63) is 0 Å². The molecule has 2 aliphatic carbocycles. The number of piperazine rings is 1. The van der Waals surface area contributed by atoms with Gasteiger partial charge in [-0.05, 0) is 43.3 Å². The van der Waals surface area contributed by atoms with E-state index in [1.54, 1.807) is 6.92 Å². The fourth-order valence-corrected chi connectivity index (χ4v) is 4.23. The number of carbonyl (C=O) groups is 1. The average molecular weight is 281 g/mol. The smallest absolute Gasteiger partial charge is 0.219 e. The van der Waals surface area contributed by atoms with Gasteiger partial charge in [-0.25, -0.2) is 0 Å². The van der Waals surface area contributed by atoms with Crippen LogP contribution in [0.4, 0.5) is 0 Å². The monoisotopic (exact) mass is 281 g/mol. The van der Waals surface area contributed by atoms with Crippen molar-refractivity contribution in [3.8, 4) is 0 Å². The lowest BCUT2D eigenvalue weighted by Gasteiger charge is -2.37. The van der Waals surface area contributed by atoms with Gasteiger partial charge in [0.05, 0.1) is 0 Å². The second kappa shape index (κ2) is 5.27. The Morgan fingerprint density at radius 2 is 1.79 bits per heavy atom. The zero-order valence-electron chi connectivity index (χ0n) is 11.6. The summed E-state index contributed by atoms with van der Waals surface area (Å²) >= 11 is 5.54. The van der Waals surface area contributed by atoms with E-state index in [9.17, 15) is 4.79 Å². The fourth-order valence-electron chi connectivity index (χ4n) is 3.90. The lowest BCUT2D eigenvalue weighted by molar-refractivity contribution is -0.130. The van der Waals surface area contributed by atoms with Crippen LogP contribution in [0.1, 0.15) is 32.6 Å². The number of carbonyl (C=O) groups excluding carboxylic acids is 1. The molecule has 0 spiro atoms. The SMILES string of the molecule is CC(=O)N1CCN(C(=S)N[C@H]2C[C@@H]3CC[C@H]2C3)CC1. The maximum Gasteiger partial charge on any atom is 0.219 e. The van der Waals surface area contributed by atoms with Crippen molar-refractivity contribution in [1.29, 1.82) is 0 Å². The van der Waals surface area contributed by atoms with E-state index in [2.05, 4.69) is 10.2 Å². The Balaban J connectivity index is 1.48. The molecule has 1 N–H and O–H groups in total. The van der Waals surface area contributed by atoms with Crippen molar-refractivity contribution in [3.63, 3.8) is 0 Å². The van der Waals surface area contributed by atoms with Crippen molar-refractivity contribution in [2.24, 2.45) is 11.8 Å². The molecule has 0 aromatic carbocycles. The highest BCUT2D eigenvalue weighted by atomic mass is 32.1. The minimum absolute atomic E-state index is 0.173. The third kappa shape index (κ3) is 2.71. The van der Waals surface area contributed by atoms with Crippen molar-refractivity contribution in [1.82, 2.24) is 15.1 Å². The molecule has 3 atom stereocenters. The molecule has 1 saturated heterocycles. The summed E-state index contributed by atoms with van der Waals surface area (Å²) in [5.74, 6) is 1.97. The average Bonchev–Trinajstić information content (AvgIpc) is 3.01. The van der Waals surface area contributed by atoms with Crippen LogP contribution in [0.15, 0.2) is 0 Å². The van der Waals surface area contributed by atoms with Gasteiger partial charge < -0.3 is 15.1 Å². The van der Waals surface area contributed by atoms with Crippen LogP contribution in [0.25, 0.3) is 0 Å². The Morgan fingerprint density at radius 1 is 1.11 bits per heavy atom. The molecule has 5 heteroatoms. The van der Waals surface area contributed by atoms with Gasteiger partial charge in [0.25, 0.3) is 0 Å². The van der Waals surface area contributed by atoms with E-state index < -0.39 is 0 Å². The zero-order valence-corrected chi connectivity index (χ0v) is 12.4. The van der Waals surface area contributed by atoms with E-state index in [0.29, 0.717) is 6.04 Å². The lowest BCUT2D eigenvalue weighted by atomic mass is 9.95. The van der Waals surface area contributed by atoms with E-state index in [1.807, 2.05) is 4.90 Å². The first-order valence-corrected chi connectivity index (χ1v) is 7.85. The Labute approximate surface area is 120 Å². The Hall–Kier alpha value is -0.840. The molecule has 0 aromatic rings. The van der Waals surface area contributed by atoms with Gasteiger partial charge in [-0.15, -0.1) is 0 Å². The minimum atomic E-state index is 0.173. The van der Waals surface area contributed by atoms with Gasteiger partial charge in [0.15, 0.2) is 5.11 Å². The number of rotatable bonds is 1. The number of hydrogen-bond donors (Lipinski definition) is 1. The van der Waals surface area contributed by atoms with E-state index in [-0.39, 0.29) is 5.91 Å². The number of nitrogens with one attached hydrogen (secondary N) is 1. The van der Waals surface area contributed by atoms with Crippen molar-refractivity contribution < 1.29 is 4.79 Å². The predicted octanol–water partition coefficient (Wildman–Crippen LogP) is 1.21. The zero-order chi connectivity index (χ0) is 13.4. The molecule has 0 unspecified atom stereocenters. The molecule has 4 nitrogen and oxygen atoms in total. The first-order valence-electron chi connectivity index (χ1n) is 7.44. The first kappa shape index (κ1) is 13.2. The molecule has 3 aliphatic rings. The molecule has 1 aliphatic heterocycles. The van der Waals surface area contributed by atoms with Crippen LogP contribution in [0.2, 0.25) is 0 Å². The van der Waals surface area contributed by atoms with Crippen LogP contribution < -0.4 is 5.32 Å². The Morgan fingerprint density at radius 3 is 2.32 bits per heavy atom. The summed E-state index contributed by atoms with van der Waals surface area (Å²) in [7, 11) is 0. The molecule has 19 heavy (non-hydrogen) atoms. The van der Waals surface area contributed by atoms with E-state index in [4.69, 9.17) is 12.2 Å². The number of nitrogens with zero attached hydrogens (tertiary/aromatic N) is 2. The highest BCUT2D eigenvalue weighted by Crippen LogP contribution is 2.44. The molecular weight excluding hydrogens is 258 g/mol. The fraction of sp³-hybridized carbons (Fsp3) is 0.857. The van der Waals surface area contributed by atoms with Crippen LogP contribution in [0, 0.1) is 11.8 Å². The maximum atomic E-state index is 11.3. The van der Waals surface area contributed by atoms with Gasteiger partial charge in [-0.2, -0.15) is 0 Å². The highest BCUT2D eigenvalue weighted by Gasteiger charge is 2.40. The van der Waals surface area contributed by atoms with Crippen LogP contribution in [0.3, 0.4) is 0 Å². The summed E-state index contributed by atoms with van der Waals surface area (Å²) in [4.78, 5) is 15.4. The second-order valence-electron chi connectivity index (χ2n) is 6.22. The number of hydrogen-bond acceptors (Lipinski definition) is 2. The van der Waals surface area contributed by atoms with E-state index in [1.165, 1.54) is 25.7 Å². The normalized spacial score (nSPS) is 33.6. The molecule has 2 saturated carbocycles. The molecule has 0 aromatic heterocycles. The molecule has 2 bridgehead atoms. The maximum absolute atomic E-state index is 11.3. The summed E-state index contributed by atoms with van der Waals surface area (Å²) < 4.78 is 0. The first-order chi connectivity index (χ1) is 9.13. The van der Waals surface area contributed by atoms with Crippen molar-refractivity contribution >= 4 is 23.2 Å². The van der Waals surface area contributed by atoms with Gasteiger partial charge in [0.2, 0.25) is 5.91 Å². The third-order valence-electron chi connectivity index (χ3n) is 5.06. The molecular formula is C14H23N3OS. The predicted molar refractivity (Wildman–Crippen MR) is 78.8 cm³/mol. The van der Waals surface area contributed by atoms with Gasteiger partial charge in [0, 0.05) is 39.1 Å². The molecule has 1 heterocycles. The van der Waals surface area contributed by atoms with Crippen LogP contribution >= 0.6 is 12.2 Å². The van der Waals surface area contributed by atoms with Crippen molar-refractivity contribution in [2.75, 3.05) is 26.2 Å². The summed E-state index contributed by atoms with van der Waals surface area (Å²) in [6.07, 6.45) is 5.51. The molecule has 106 valence electrons. The third-order valence-corrected chi connectivity index (χ3v) is 5.44. The number of fused-ring (bicyclic) bond motifs is 2. The second-order valence-corrected chi connectivity index (χ2v) is 6.61. The molecule has 3 rings (SSSR count). The molecule has 0 radical (unpaired) electrons. The summed E-state index contributed by atoms with van der Waals surface area (Å²) in [5, 5.41) is 4.48. The molecule has 3 fully saturated rings. The van der Waals surface area contributed by atoms with Gasteiger partial charge in [-0.1, -0.05) is 6.42 Å². The van der Waals surface area contributed by atoms with Gasteiger partial charge in [0.1, 0.15) is 0 Å². The highest BCUT2D eigenvalue weighted by molar-refractivity contribution is 7.80. The Bertz CT molecular complexity index is 379. The van der Waals surface area contributed by atoms with E-state index in [0.717, 1.165) is 43.1 Å². The number of amides is 1. The van der Waals surface area contributed by atoms with Crippen LogP contribution in [0.5, 0.6) is 0 Å².